The first-order chi connectivity index (χ1) is 10.6. The lowest BCUT2D eigenvalue weighted by molar-refractivity contribution is 0.518. The first kappa shape index (κ1) is 15.1. The van der Waals surface area contributed by atoms with Crippen LogP contribution >= 0.6 is 0 Å². The molecule has 1 atom stereocenters. The van der Waals surface area contributed by atoms with Crippen molar-refractivity contribution in [1.29, 1.82) is 0 Å². The highest BCUT2D eigenvalue weighted by Crippen LogP contribution is 2.32. The minimum absolute atomic E-state index is 0.0614. The van der Waals surface area contributed by atoms with Gasteiger partial charge in [0.25, 0.3) is 0 Å². The normalized spacial score (nSPS) is 16.4. The molecule has 0 amide bonds. The van der Waals surface area contributed by atoms with Crippen molar-refractivity contribution in [2.75, 3.05) is 6.54 Å². The average Bonchev–Trinajstić information content (AvgIpc) is 3.38. The summed E-state index contributed by atoms with van der Waals surface area (Å²) in [4.78, 5) is 8.36. The Labute approximate surface area is 129 Å². The van der Waals surface area contributed by atoms with Crippen molar-refractivity contribution in [2.24, 2.45) is 11.7 Å². The molecule has 1 aliphatic carbocycles. The van der Waals surface area contributed by atoms with E-state index in [-0.39, 0.29) is 10.9 Å². The van der Waals surface area contributed by atoms with Crippen LogP contribution in [0.15, 0.2) is 47.6 Å². The lowest BCUT2D eigenvalue weighted by Crippen LogP contribution is -2.41. The number of aromatic nitrogens is 2. The van der Waals surface area contributed by atoms with Gasteiger partial charge in [-0.1, -0.05) is 30.3 Å². The van der Waals surface area contributed by atoms with Crippen LogP contribution in [0.1, 0.15) is 12.8 Å². The fraction of sp³-hybridized carbons (Fsp3) is 0.333. The van der Waals surface area contributed by atoms with Gasteiger partial charge in [-0.25, -0.2) is 23.1 Å². The van der Waals surface area contributed by atoms with Crippen LogP contribution in [-0.2, 0) is 10.0 Å². The molecule has 22 heavy (non-hydrogen) atoms. The van der Waals surface area contributed by atoms with E-state index in [1.807, 2.05) is 30.3 Å². The predicted molar refractivity (Wildman–Crippen MR) is 83.4 cm³/mol. The molecule has 1 saturated carbocycles. The number of sulfonamides is 1. The van der Waals surface area contributed by atoms with Crippen molar-refractivity contribution in [3.05, 3.63) is 42.7 Å². The molecule has 1 aliphatic rings. The predicted octanol–water partition coefficient (Wildman–Crippen LogP) is 1.16. The van der Waals surface area contributed by atoms with Gasteiger partial charge in [0.2, 0.25) is 10.0 Å². The van der Waals surface area contributed by atoms with Gasteiger partial charge in [-0.3, -0.25) is 0 Å². The molecule has 1 heterocycles. The van der Waals surface area contributed by atoms with E-state index in [0.717, 1.165) is 18.4 Å². The van der Waals surface area contributed by atoms with Crippen LogP contribution in [0.4, 0.5) is 0 Å². The Hall–Kier alpha value is -1.83. The van der Waals surface area contributed by atoms with Gasteiger partial charge >= 0.3 is 0 Å². The number of nitrogens with two attached hydrogens (primary N) is 1. The topological polar surface area (TPSA) is 98.0 Å². The second-order valence-electron chi connectivity index (χ2n) is 5.41. The van der Waals surface area contributed by atoms with E-state index < -0.39 is 10.0 Å². The fourth-order valence-electron chi connectivity index (χ4n) is 2.29. The van der Waals surface area contributed by atoms with Crippen molar-refractivity contribution in [1.82, 2.24) is 14.7 Å². The fourth-order valence-corrected chi connectivity index (χ4v) is 3.50. The van der Waals surface area contributed by atoms with E-state index in [9.17, 15) is 8.42 Å². The summed E-state index contributed by atoms with van der Waals surface area (Å²) in [7, 11) is -3.63. The molecule has 7 heteroatoms. The number of nitrogens with one attached hydrogen (secondary N) is 1. The third kappa shape index (κ3) is 3.32. The molecule has 1 aromatic carbocycles. The number of hydrogen-bond donors (Lipinski definition) is 2. The Morgan fingerprint density at radius 1 is 1.18 bits per heavy atom. The highest BCUT2D eigenvalue weighted by atomic mass is 32.2. The molecule has 116 valence electrons. The Bertz CT molecular complexity index is 728. The molecule has 0 radical (unpaired) electrons. The van der Waals surface area contributed by atoms with Gasteiger partial charge < -0.3 is 5.73 Å². The van der Waals surface area contributed by atoms with Crippen LogP contribution < -0.4 is 10.5 Å². The smallest absolute Gasteiger partial charge is 0.243 e. The van der Waals surface area contributed by atoms with Gasteiger partial charge in [0.1, 0.15) is 4.90 Å². The summed E-state index contributed by atoms with van der Waals surface area (Å²) in [5.74, 6) is 0.849. The largest absolute Gasteiger partial charge is 0.329 e. The zero-order valence-corrected chi connectivity index (χ0v) is 12.8. The number of rotatable bonds is 6. The maximum Gasteiger partial charge on any atom is 0.243 e. The molecule has 1 fully saturated rings. The van der Waals surface area contributed by atoms with Crippen LogP contribution in [0.5, 0.6) is 0 Å². The zero-order valence-electron chi connectivity index (χ0n) is 12.0. The third-order valence-electron chi connectivity index (χ3n) is 3.72. The van der Waals surface area contributed by atoms with E-state index in [1.165, 1.54) is 12.4 Å². The van der Waals surface area contributed by atoms with Gasteiger partial charge in [0, 0.05) is 18.2 Å². The van der Waals surface area contributed by atoms with E-state index in [4.69, 9.17) is 5.73 Å². The second kappa shape index (κ2) is 6.12. The van der Waals surface area contributed by atoms with E-state index in [1.54, 1.807) is 0 Å². The van der Waals surface area contributed by atoms with Crippen LogP contribution in [0.3, 0.4) is 0 Å². The van der Waals surface area contributed by atoms with E-state index >= 15 is 0 Å². The van der Waals surface area contributed by atoms with Gasteiger partial charge in [-0.15, -0.1) is 0 Å². The molecule has 2 aromatic rings. The maximum atomic E-state index is 12.3. The average molecular weight is 318 g/mol. The molecular formula is C15H18N4O2S. The van der Waals surface area contributed by atoms with Gasteiger partial charge in [-0.05, 0) is 18.8 Å². The number of hydrogen-bond acceptors (Lipinski definition) is 5. The summed E-state index contributed by atoms with van der Waals surface area (Å²) in [6.45, 7) is 0.298. The van der Waals surface area contributed by atoms with Crippen LogP contribution in [0.2, 0.25) is 0 Å². The molecule has 0 saturated heterocycles. The molecule has 1 unspecified atom stereocenters. The first-order valence-corrected chi connectivity index (χ1v) is 8.68. The molecule has 0 spiro atoms. The van der Waals surface area contributed by atoms with Gasteiger partial charge in [0.05, 0.1) is 12.4 Å². The molecule has 0 bridgehead atoms. The zero-order chi connectivity index (χ0) is 15.6. The monoisotopic (exact) mass is 318 g/mol. The maximum absolute atomic E-state index is 12.3. The Morgan fingerprint density at radius 2 is 1.82 bits per heavy atom. The Kier molecular flexibility index (Phi) is 4.19. The minimum atomic E-state index is -3.63. The lowest BCUT2D eigenvalue weighted by Gasteiger charge is -2.15. The van der Waals surface area contributed by atoms with Gasteiger partial charge in [-0.2, -0.15) is 0 Å². The van der Waals surface area contributed by atoms with E-state index in [0.29, 0.717) is 18.3 Å². The van der Waals surface area contributed by atoms with Crippen molar-refractivity contribution >= 4 is 10.0 Å². The van der Waals surface area contributed by atoms with Crippen molar-refractivity contribution in [3.63, 3.8) is 0 Å². The van der Waals surface area contributed by atoms with Crippen LogP contribution in [0.25, 0.3) is 11.4 Å². The molecule has 6 nitrogen and oxygen atoms in total. The summed E-state index contributed by atoms with van der Waals surface area (Å²) in [6, 6.07) is 9.20. The van der Waals surface area contributed by atoms with Gasteiger partial charge in [0.15, 0.2) is 5.82 Å². The number of benzene rings is 1. The Balaban J connectivity index is 1.79. The molecule has 1 aromatic heterocycles. The molecule has 0 aliphatic heterocycles. The first-order valence-electron chi connectivity index (χ1n) is 7.20. The third-order valence-corrected chi connectivity index (χ3v) is 5.17. The minimum Gasteiger partial charge on any atom is -0.329 e. The van der Waals surface area contributed by atoms with Crippen molar-refractivity contribution in [2.45, 2.75) is 23.8 Å². The summed E-state index contributed by atoms with van der Waals surface area (Å²) in [6.07, 6.45) is 4.71. The quantitative estimate of drug-likeness (QED) is 0.833. The van der Waals surface area contributed by atoms with Crippen LogP contribution in [0, 0.1) is 5.92 Å². The highest BCUT2D eigenvalue weighted by Gasteiger charge is 2.33. The van der Waals surface area contributed by atoms with Crippen molar-refractivity contribution in [3.8, 4) is 11.4 Å². The van der Waals surface area contributed by atoms with Crippen molar-refractivity contribution < 1.29 is 8.42 Å². The highest BCUT2D eigenvalue weighted by molar-refractivity contribution is 7.89. The summed E-state index contributed by atoms with van der Waals surface area (Å²) in [5.41, 5.74) is 6.49. The molecule has 3 N–H and O–H groups in total. The second-order valence-corrected chi connectivity index (χ2v) is 7.12. The van der Waals surface area contributed by atoms with Crippen LogP contribution in [-0.4, -0.2) is 31.0 Å². The summed E-state index contributed by atoms with van der Waals surface area (Å²) in [5, 5.41) is 0. The van der Waals surface area contributed by atoms with E-state index in [2.05, 4.69) is 14.7 Å². The standard InChI is InChI=1S/C15H18N4O2S/c16-8-14(11-6-7-11)19-22(20,21)13-9-17-15(18-10-13)12-4-2-1-3-5-12/h1-5,9-11,14,19H,6-8,16H2. The lowest BCUT2D eigenvalue weighted by atomic mass is 10.2. The SMILES string of the molecule is NCC(NS(=O)(=O)c1cnc(-c2ccccc2)nc1)C1CC1. The molecular weight excluding hydrogens is 300 g/mol. The number of nitrogens with zero attached hydrogens (tertiary/aromatic N) is 2. The molecule has 3 rings (SSSR count). The Morgan fingerprint density at radius 3 is 2.36 bits per heavy atom. The summed E-state index contributed by atoms with van der Waals surface area (Å²) < 4.78 is 27.3. The summed E-state index contributed by atoms with van der Waals surface area (Å²) >= 11 is 0.